The Bertz CT molecular complexity index is 1020. The van der Waals surface area contributed by atoms with E-state index in [1.807, 2.05) is 31.3 Å². The summed E-state index contributed by atoms with van der Waals surface area (Å²) in [4.78, 5) is 31.8. The van der Waals surface area contributed by atoms with E-state index in [2.05, 4.69) is 20.6 Å². The topological polar surface area (TPSA) is 86.9 Å². The zero-order chi connectivity index (χ0) is 18.1. The molecule has 0 unspecified atom stereocenters. The minimum absolute atomic E-state index is 0.150. The van der Waals surface area contributed by atoms with Crippen LogP contribution in [0.25, 0.3) is 11.1 Å². The lowest BCUT2D eigenvalue weighted by Crippen LogP contribution is -2.12. The smallest absolute Gasteiger partial charge is 0.257 e. The molecular formula is C20H16N4O2. The van der Waals surface area contributed by atoms with Crippen molar-refractivity contribution in [2.75, 3.05) is 10.6 Å². The summed E-state index contributed by atoms with van der Waals surface area (Å²) >= 11 is 0. The predicted molar refractivity (Wildman–Crippen MR) is 101 cm³/mol. The standard InChI is InChI=1S/C20H16N4O2/c1-12(16-5-3-9-22-16)18-15-10-14(6-7-17(15)24-20(18)26)23-19(25)13-4-2-8-21-11-13/h2-11,22H,1H3,(H,23,25)(H,24,26)/b18-12+. The minimum Gasteiger partial charge on any atom is -0.361 e. The first-order valence-electron chi connectivity index (χ1n) is 8.15. The second-order valence-electron chi connectivity index (χ2n) is 5.99. The van der Waals surface area contributed by atoms with E-state index in [1.165, 1.54) is 6.20 Å². The summed E-state index contributed by atoms with van der Waals surface area (Å²) in [7, 11) is 0. The number of allylic oxidation sites excluding steroid dienone is 1. The largest absolute Gasteiger partial charge is 0.361 e. The number of nitrogens with one attached hydrogen (secondary N) is 3. The van der Waals surface area contributed by atoms with Crippen LogP contribution in [-0.2, 0) is 4.79 Å². The lowest BCUT2D eigenvalue weighted by Gasteiger charge is -2.08. The van der Waals surface area contributed by atoms with Gasteiger partial charge in [-0.1, -0.05) is 0 Å². The number of pyridine rings is 1. The van der Waals surface area contributed by atoms with Gasteiger partial charge in [-0.15, -0.1) is 0 Å². The predicted octanol–water partition coefficient (Wildman–Crippen LogP) is 3.54. The fourth-order valence-electron chi connectivity index (χ4n) is 3.02. The van der Waals surface area contributed by atoms with E-state index in [0.29, 0.717) is 16.8 Å². The van der Waals surface area contributed by atoms with E-state index < -0.39 is 0 Å². The molecule has 3 N–H and O–H groups in total. The number of carbonyl (C=O) groups excluding carboxylic acids is 2. The van der Waals surface area contributed by atoms with Crippen LogP contribution in [0.3, 0.4) is 0 Å². The molecule has 6 nitrogen and oxygen atoms in total. The Hall–Kier alpha value is -3.67. The van der Waals surface area contributed by atoms with Crippen LogP contribution in [0.15, 0.2) is 61.1 Å². The summed E-state index contributed by atoms with van der Waals surface area (Å²) in [6, 6.07) is 12.6. The number of hydrogen-bond acceptors (Lipinski definition) is 3. The van der Waals surface area contributed by atoms with Gasteiger partial charge >= 0.3 is 0 Å². The molecule has 0 saturated carbocycles. The molecule has 2 amide bonds. The van der Waals surface area contributed by atoms with Crippen molar-refractivity contribution in [2.45, 2.75) is 6.92 Å². The zero-order valence-electron chi connectivity index (χ0n) is 14.0. The van der Waals surface area contributed by atoms with E-state index in [9.17, 15) is 9.59 Å². The molecule has 128 valence electrons. The molecule has 2 aromatic heterocycles. The number of aromatic nitrogens is 2. The minimum atomic E-state index is -0.248. The van der Waals surface area contributed by atoms with Crippen molar-refractivity contribution in [3.8, 4) is 0 Å². The third-order valence-corrected chi connectivity index (χ3v) is 4.32. The number of amides is 2. The van der Waals surface area contributed by atoms with Gasteiger partial charge in [0, 0.05) is 41.2 Å². The number of benzene rings is 1. The molecule has 1 aromatic carbocycles. The third kappa shape index (κ3) is 2.77. The normalized spacial score (nSPS) is 14.6. The molecule has 4 rings (SSSR count). The van der Waals surface area contributed by atoms with Crippen LogP contribution in [0.2, 0.25) is 0 Å². The highest BCUT2D eigenvalue weighted by molar-refractivity contribution is 6.36. The van der Waals surface area contributed by atoms with Crippen molar-refractivity contribution in [1.29, 1.82) is 0 Å². The molecule has 0 spiro atoms. The van der Waals surface area contributed by atoms with Crippen molar-refractivity contribution in [1.82, 2.24) is 9.97 Å². The fourth-order valence-corrected chi connectivity index (χ4v) is 3.02. The first-order chi connectivity index (χ1) is 12.6. The number of anilines is 2. The molecule has 1 aliphatic heterocycles. The number of rotatable bonds is 3. The molecule has 0 atom stereocenters. The Labute approximate surface area is 150 Å². The zero-order valence-corrected chi connectivity index (χ0v) is 14.0. The lowest BCUT2D eigenvalue weighted by molar-refractivity contribution is -0.110. The van der Waals surface area contributed by atoms with E-state index in [4.69, 9.17) is 0 Å². The first-order valence-corrected chi connectivity index (χ1v) is 8.15. The molecule has 6 heteroatoms. The number of H-pyrrole nitrogens is 1. The van der Waals surface area contributed by atoms with Gasteiger partial charge in [-0.05, 0) is 55.0 Å². The Morgan fingerprint density at radius 3 is 2.77 bits per heavy atom. The molecule has 0 fully saturated rings. The molecule has 0 radical (unpaired) electrons. The average molecular weight is 344 g/mol. The highest BCUT2D eigenvalue weighted by Crippen LogP contribution is 2.38. The Morgan fingerprint density at radius 1 is 1.15 bits per heavy atom. The van der Waals surface area contributed by atoms with Crippen LogP contribution in [0.4, 0.5) is 11.4 Å². The molecule has 26 heavy (non-hydrogen) atoms. The van der Waals surface area contributed by atoms with Gasteiger partial charge in [-0.2, -0.15) is 0 Å². The maximum atomic E-state index is 12.4. The van der Waals surface area contributed by atoms with Gasteiger partial charge in [0.1, 0.15) is 0 Å². The molecule has 0 bridgehead atoms. The van der Waals surface area contributed by atoms with Gasteiger partial charge < -0.3 is 15.6 Å². The van der Waals surface area contributed by atoms with Gasteiger partial charge in [-0.25, -0.2) is 0 Å². The number of aromatic amines is 1. The SMILES string of the molecule is C/C(=C1\C(=O)Nc2ccc(NC(=O)c3cccnc3)cc21)c1ccc[nH]1. The molecule has 1 aliphatic rings. The quantitative estimate of drug-likeness (QED) is 0.635. The van der Waals surface area contributed by atoms with Crippen molar-refractivity contribution in [3.05, 3.63) is 77.9 Å². The molecular weight excluding hydrogens is 328 g/mol. The first kappa shape index (κ1) is 15.8. The number of carbonyl (C=O) groups is 2. The van der Waals surface area contributed by atoms with Gasteiger partial charge in [0.25, 0.3) is 11.8 Å². The summed E-state index contributed by atoms with van der Waals surface area (Å²) in [6.45, 7) is 1.90. The van der Waals surface area contributed by atoms with Crippen LogP contribution < -0.4 is 10.6 Å². The van der Waals surface area contributed by atoms with Crippen molar-refractivity contribution in [3.63, 3.8) is 0 Å². The monoisotopic (exact) mass is 344 g/mol. The number of fused-ring (bicyclic) bond motifs is 1. The highest BCUT2D eigenvalue weighted by atomic mass is 16.2. The summed E-state index contributed by atoms with van der Waals surface area (Å²) in [5.74, 6) is -0.398. The fraction of sp³-hybridized carbons (Fsp3) is 0.0500. The van der Waals surface area contributed by atoms with Gasteiger partial charge in [0.15, 0.2) is 0 Å². The summed E-state index contributed by atoms with van der Waals surface area (Å²) in [6.07, 6.45) is 4.94. The van der Waals surface area contributed by atoms with E-state index in [-0.39, 0.29) is 11.8 Å². The Balaban J connectivity index is 1.70. The van der Waals surface area contributed by atoms with Crippen LogP contribution in [0.1, 0.15) is 28.5 Å². The lowest BCUT2D eigenvalue weighted by atomic mass is 9.99. The summed E-state index contributed by atoms with van der Waals surface area (Å²) in [5, 5.41) is 5.72. The van der Waals surface area contributed by atoms with Crippen molar-refractivity contribution in [2.24, 2.45) is 0 Å². The van der Waals surface area contributed by atoms with Crippen LogP contribution >= 0.6 is 0 Å². The average Bonchev–Trinajstić information content (AvgIpc) is 3.29. The van der Waals surface area contributed by atoms with Gasteiger partial charge in [0.2, 0.25) is 0 Å². The summed E-state index contributed by atoms with van der Waals surface area (Å²) < 4.78 is 0. The molecule has 0 saturated heterocycles. The second kappa shape index (κ2) is 6.33. The molecule has 3 aromatic rings. The Morgan fingerprint density at radius 2 is 2.04 bits per heavy atom. The third-order valence-electron chi connectivity index (χ3n) is 4.32. The Kier molecular flexibility index (Phi) is 3.85. The molecule has 0 aliphatic carbocycles. The van der Waals surface area contributed by atoms with Crippen LogP contribution in [0.5, 0.6) is 0 Å². The second-order valence-corrected chi connectivity index (χ2v) is 5.99. The highest BCUT2D eigenvalue weighted by Gasteiger charge is 2.27. The van der Waals surface area contributed by atoms with Crippen LogP contribution in [0, 0.1) is 0 Å². The van der Waals surface area contributed by atoms with Gasteiger partial charge in [-0.3, -0.25) is 14.6 Å². The van der Waals surface area contributed by atoms with Crippen molar-refractivity contribution >= 4 is 34.3 Å². The summed E-state index contributed by atoms with van der Waals surface area (Å²) in [5.41, 5.74) is 4.92. The number of nitrogens with zero attached hydrogens (tertiary/aromatic N) is 1. The maximum absolute atomic E-state index is 12.4. The molecule has 3 heterocycles. The van der Waals surface area contributed by atoms with Crippen LogP contribution in [-0.4, -0.2) is 21.8 Å². The van der Waals surface area contributed by atoms with E-state index in [0.717, 1.165) is 22.5 Å². The van der Waals surface area contributed by atoms with Crippen molar-refractivity contribution < 1.29 is 9.59 Å². The maximum Gasteiger partial charge on any atom is 0.257 e. The van der Waals surface area contributed by atoms with Gasteiger partial charge in [0.05, 0.1) is 11.1 Å². The number of hydrogen-bond donors (Lipinski definition) is 3. The van der Waals surface area contributed by atoms with E-state index >= 15 is 0 Å². The van der Waals surface area contributed by atoms with E-state index in [1.54, 1.807) is 30.5 Å².